The van der Waals surface area contributed by atoms with Crippen molar-refractivity contribution in [2.75, 3.05) is 7.11 Å². The summed E-state index contributed by atoms with van der Waals surface area (Å²) in [5.41, 5.74) is 2.25. The molecular weight excluding hydrogens is 419 g/mol. The third kappa shape index (κ3) is 3.68. The number of hydrogen-bond donors (Lipinski definition) is 0. The Morgan fingerprint density at radius 3 is 2.52 bits per heavy atom. The maximum Gasteiger partial charge on any atom is 0.194 e. The molecule has 2 aromatic carbocycles. The van der Waals surface area contributed by atoms with Gasteiger partial charge in [-0.15, -0.1) is 0 Å². The quantitative estimate of drug-likeness (QED) is 0.451. The Labute approximate surface area is 145 Å². The Hall–Kier alpha value is -0.840. The highest BCUT2D eigenvalue weighted by molar-refractivity contribution is 9.10. The highest BCUT2D eigenvalue weighted by Gasteiger charge is 2.15. The van der Waals surface area contributed by atoms with E-state index in [1.54, 1.807) is 18.2 Å². The van der Waals surface area contributed by atoms with Crippen LogP contribution in [0.5, 0.6) is 5.75 Å². The maximum atomic E-state index is 12.6. The summed E-state index contributed by atoms with van der Waals surface area (Å²) in [6.45, 7) is 2.04. The van der Waals surface area contributed by atoms with E-state index in [-0.39, 0.29) is 10.6 Å². The predicted octanol–water partition coefficient (Wildman–Crippen LogP) is 5.80. The van der Waals surface area contributed by atoms with Crippen molar-refractivity contribution >= 4 is 49.2 Å². The largest absolute Gasteiger partial charge is 0.495 e. The molecule has 0 saturated carbocycles. The van der Waals surface area contributed by atoms with Gasteiger partial charge >= 0.3 is 0 Å². The molecule has 0 amide bonds. The van der Waals surface area contributed by atoms with Crippen LogP contribution >= 0.6 is 43.5 Å². The first-order valence-electron chi connectivity index (χ1n) is 6.25. The van der Waals surface area contributed by atoms with E-state index in [0.717, 1.165) is 10.0 Å². The number of halogens is 3. The lowest BCUT2D eigenvalue weighted by atomic mass is 10.0. The number of benzene rings is 2. The van der Waals surface area contributed by atoms with Gasteiger partial charge in [-0.3, -0.25) is 4.79 Å². The van der Waals surface area contributed by atoms with Crippen molar-refractivity contribution in [1.82, 2.24) is 0 Å². The second-order valence-electron chi connectivity index (χ2n) is 4.53. The second-order valence-corrected chi connectivity index (χ2v) is 7.17. The monoisotopic (exact) mass is 430 g/mol. The van der Waals surface area contributed by atoms with Crippen molar-refractivity contribution in [3.63, 3.8) is 0 Å². The number of rotatable bonds is 4. The minimum Gasteiger partial charge on any atom is -0.495 e. The van der Waals surface area contributed by atoms with Crippen LogP contribution in [0.2, 0.25) is 5.02 Å². The summed E-state index contributed by atoms with van der Waals surface area (Å²) < 4.78 is 5.92. The molecule has 1 atom stereocenters. The fourth-order valence-corrected chi connectivity index (χ4v) is 2.98. The third-order valence-corrected chi connectivity index (χ3v) is 4.61. The first-order valence-corrected chi connectivity index (χ1v) is 8.34. The van der Waals surface area contributed by atoms with Gasteiger partial charge in [0.15, 0.2) is 5.78 Å². The molecule has 1 unspecified atom stereocenters. The summed E-state index contributed by atoms with van der Waals surface area (Å²) in [7, 11) is 1.53. The van der Waals surface area contributed by atoms with Crippen LogP contribution in [0.4, 0.5) is 0 Å². The molecule has 0 radical (unpaired) electrons. The molecular formula is C16H13Br2ClO2. The number of ketones is 1. The second kappa shape index (κ2) is 6.95. The lowest BCUT2D eigenvalue weighted by Gasteiger charge is -2.10. The summed E-state index contributed by atoms with van der Waals surface area (Å²) >= 11 is 13.0. The van der Waals surface area contributed by atoms with Gasteiger partial charge in [-0.2, -0.15) is 0 Å². The minimum absolute atomic E-state index is 0.0781. The van der Waals surface area contributed by atoms with Gasteiger partial charge in [0.05, 0.1) is 12.1 Å². The zero-order valence-electron chi connectivity index (χ0n) is 11.5. The van der Waals surface area contributed by atoms with Crippen molar-refractivity contribution < 1.29 is 9.53 Å². The number of carbonyl (C=O) groups excluding carboxylic acids is 1. The molecule has 0 bridgehead atoms. The summed E-state index contributed by atoms with van der Waals surface area (Å²) in [4.78, 5) is 12.8. The molecule has 0 aromatic heterocycles. The van der Waals surface area contributed by atoms with E-state index in [1.165, 1.54) is 7.11 Å². The average Bonchev–Trinajstić information content (AvgIpc) is 2.46. The molecule has 0 N–H and O–H groups in total. The molecule has 0 saturated heterocycles. The van der Waals surface area contributed by atoms with Gasteiger partial charge in [-0.05, 0) is 42.8 Å². The van der Waals surface area contributed by atoms with E-state index in [0.29, 0.717) is 21.9 Å². The summed E-state index contributed by atoms with van der Waals surface area (Å²) in [6, 6.07) is 10.7. The molecule has 5 heteroatoms. The van der Waals surface area contributed by atoms with Crippen LogP contribution in [-0.2, 0) is 0 Å². The SMILES string of the molecule is COc1cc(C(=O)c2ccc(C(C)Br)cc2Br)ccc1Cl. The molecule has 2 nitrogen and oxygen atoms in total. The van der Waals surface area contributed by atoms with Gasteiger partial charge in [-0.25, -0.2) is 0 Å². The van der Waals surface area contributed by atoms with Crippen molar-refractivity contribution in [3.05, 3.63) is 62.6 Å². The molecule has 0 aliphatic rings. The van der Waals surface area contributed by atoms with Crippen molar-refractivity contribution in [2.45, 2.75) is 11.8 Å². The Bertz CT molecular complexity index is 684. The highest BCUT2D eigenvalue weighted by atomic mass is 79.9. The lowest BCUT2D eigenvalue weighted by Crippen LogP contribution is -2.03. The van der Waals surface area contributed by atoms with Crippen LogP contribution in [0.1, 0.15) is 33.2 Å². The maximum absolute atomic E-state index is 12.6. The Morgan fingerprint density at radius 2 is 1.95 bits per heavy atom. The van der Waals surface area contributed by atoms with Crippen LogP contribution < -0.4 is 4.74 Å². The molecule has 21 heavy (non-hydrogen) atoms. The fourth-order valence-electron chi connectivity index (χ4n) is 1.92. The van der Waals surface area contributed by atoms with Crippen LogP contribution in [0.25, 0.3) is 0 Å². The van der Waals surface area contributed by atoms with E-state index in [1.807, 2.05) is 25.1 Å². The third-order valence-electron chi connectivity index (χ3n) is 3.11. The molecule has 0 heterocycles. The molecule has 110 valence electrons. The Kier molecular flexibility index (Phi) is 5.47. The van der Waals surface area contributed by atoms with Crippen molar-refractivity contribution in [2.24, 2.45) is 0 Å². The fraction of sp³-hybridized carbons (Fsp3) is 0.188. The molecule has 0 spiro atoms. The van der Waals surface area contributed by atoms with Crippen LogP contribution in [0.3, 0.4) is 0 Å². The first kappa shape index (κ1) is 16.5. The summed E-state index contributed by atoms with van der Waals surface area (Å²) in [5, 5.41) is 0.483. The molecule has 2 aromatic rings. The van der Waals surface area contributed by atoms with Gasteiger partial charge in [0.1, 0.15) is 5.75 Å². The van der Waals surface area contributed by atoms with E-state index in [4.69, 9.17) is 16.3 Å². The zero-order valence-corrected chi connectivity index (χ0v) is 15.4. The minimum atomic E-state index is -0.0781. The van der Waals surface area contributed by atoms with Crippen LogP contribution in [0.15, 0.2) is 40.9 Å². The number of alkyl halides is 1. The van der Waals surface area contributed by atoms with Crippen LogP contribution in [-0.4, -0.2) is 12.9 Å². The Balaban J connectivity index is 2.40. The number of methoxy groups -OCH3 is 1. The van der Waals surface area contributed by atoms with E-state index < -0.39 is 0 Å². The molecule has 0 aliphatic carbocycles. The van der Waals surface area contributed by atoms with Gasteiger partial charge in [0, 0.05) is 20.4 Å². The van der Waals surface area contributed by atoms with E-state index >= 15 is 0 Å². The smallest absolute Gasteiger partial charge is 0.194 e. The normalized spacial score (nSPS) is 12.0. The van der Waals surface area contributed by atoms with E-state index in [2.05, 4.69) is 31.9 Å². The standard InChI is InChI=1S/C16H13Br2ClO2/c1-9(17)10-3-5-12(13(18)7-10)16(20)11-4-6-14(19)15(8-11)21-2/h3-9H,1-2H3. The van der Waals surface area contributed by atoms with Gasteiger partial charge in [-0.1, -0.05) is 49.5 Å². The van der Waals surface area contributed by atoms with Gasteiger partial charge in [0.2, 0.25) is 0 Å². The van der Waals surface area contributed by atoms with E-state index in [9.17, 15) is 4.79 Å². The van der Waals surface area contributed by atoms with Crippen LogP contribution in [0, 0.1) is 0 Å². The molecule has 0 fully saturated rings. The summed E-state index contributed by atoms with van der Waals surface area (Å²) in [5.74, 6) is 0.412. The van der Waals surface area contributed by atoms with Crippen molar-refractivity contribution in [1.29, 1.82) is 0 Å². The average molecular weight is 433 g/mol. The number of hydrogen-bond acceptors (Lipinski definition) is 2. The van der Waals surface area contributed by atoms with Gasteiger partial charge < -0.3 is 4.74 Å². The number of carbonyl (C=O) groups is 1. The molecule has 0 aliphatic heterocycles. The van der Waals surface area contributed by atoms with Gasteiger partial charge in [0.25, 0.3) is 0 Å². The zero-order chi connectivity index (χ0) is 15.6. The van der Waals surface area contributed by atoms with Crippen molar-refractivity contribution in [3.8, 4) is 5.75 Å². The highest BCUT2D eigenvalue weighted by Crippen LogP contribution is 2.30. The Morgan fingerprint density at radius 1 is 1.24 bits per heavy atom. The topological polar surface area (TPSA) is 26.3 Å². The first-order chi connectivity index (χ1) is 9.93. The predicted molar refractivity (Wildman–Crippen MR) is 92.9 cm³/mol. The summed E-state index contributed by atoms with van der Waals surface area (Å²) in [6.07, 6.45) is 0. The molecule has 2 rings (SSSR count). The lowest BCUT2D eigenvalue weighted by molar-refractivity contribution is 0.103. The number of ether oxygens (including phenoxy) is 1.